The Morgan fingerprint density at radius 3 is 2.50 bits per heavy atom. The standard InChI is InChI=1S/C16H23N5O/c1-11(2)20-9-7-18-14(20)15(22)21-10-16(3,4)12(21)13-17-6-8-19(13)5/h6-9,11-12H,10H2,1-5H3. The number of aromatic nitrogens is 4. The summed E-state index contributed by atoms with van der Waals surface area (Å²) in [5, 5.41) is 0. The highest BCUT2D eigenvalue weighted by atomic mass is 16.2. The Morgan fingerprint density at radius 2 is 1.95 bits per heavy atom. The van der Waals surface area contributed by atoms with Gasteiger partial charge < -0.3 is 14.0 Å². The molecule has 1 aliphatic rings. The Kier molecular flexibility index (Phi) is 3.34. The molecule has 3 heterocycles. The van der Waals surface area contributed by atoms with Crippen LogP contribution >= 0.6 is 0 Å². The zero-order valence-corrected chi connectivity index (χ0v) is 13.8. The Hall–Kier alpha value is -2.11. The van der Waals surface area contributed by atoms with Crippen molar-refractivity contribution in [2.45, 2.75) is 39.8 Å². The minimum atomic E-state index is -0.0222. The molecule has 3 rings (SSSR count). The zero-order chi connectivity index (χ0) is 16.1. The lowest BCUT2D eigenvalue weighted by molar-refractivity contribution is -0.0386. The average molecular weight is 301 g/mol. The molecule has 2 aromatic heterocycles. The van der Waals surface area contributed by atoms with Gasteiger partial charge in [0.15, 0.2) is 5.82 Å². The van der Waals surface area contributed by atoms with Crippen LogP contribution in [0.3, 0.4) is 0 Å². The van der Waals surface area contributed by atoms with Gasteiger partial charge in [-0.25, -0.2) is 9.97 Å². The number of hydrogen-bond acceptors (Lipinski definition) is 3. The lowest BCUT2D eigenvalue weighted by Crippen LogP contribution is -2.59. The largest absolute Gasteiger partial charge is 0.336 e. The molecule has 1 unspecified atom stereocenters. The van der Waals surface area contributed by atoms with E-state index in [9.17, 15) is 4.79 Å². The number of imidazole rings is 2. The van der Waals surface area contributed by atoms with E-state index in [1.54, 1.807) is 12.4 Å². The van der Waals surface area contributed by atoms with Crippen LogP contribution in [0.2, 0.25) is 0 Å². The summed E-state index contributed by atoms with van der Waals surface area (Å²) in [5.41, 5.74) is 0.0179. The number of hydrogen-bond donors (Lipinski definition) is 0. The van der Waals surface area contributed by atoms with Gasteiger partial charge in [-0.15, -0.1) is 0 Å². The first-order chi connectivity index (χ1) is 10.3. The Balaban J connectivity index is 1.93. The predicted octanol–water partition coefficient (Wildman–Crippen LogP) is 2.42. The number of likely N-dealkylation sites (tertiary alicyclic amines) is 1. The highest BCUT2D eigenvalue weighted by Gasteiger charge is 2.51. The lowest BCUT2D eigenvalue weighted by Gasteiger charge is -2.53. The van der Waals surface area contributed by atoms with Crippen LogP contribution in [-0.4, -0.2) is 36.5 Å². The monoisotopic (exact) mass is 301 g/mol. The van der Waals surface area contributed by atoms with E-state index in [-0.39, 0.29) is 23.4 Å². The molecule has 0 aromatic carbocycles. The fourth-order valence-electron chi connectivity index (χ4n) is 3.27. The summed E-state index contributed by atoms with van der Waals surface area (Å²) in [5.74, 6) is 1.41. The van der Waals surface area contributed by atoms with Crippen molar-refractivity contribution >= 4 is 5.91 Å². The summed E-state index contributed by atoms with van der Waals surface area (Å²) >= 11 is 0. The fraction of sp³-hybridized carbons (Fsp3) is 0.562. The van der Waals surface area contributed by atoms with Crippen molar-refractivity contribution in [1.29, 1.82) is 0 Å². The van der Waals surface area contributed by atoms with E-state index in [0.29, 0.717) is 12.4 Å². The molecule has 0 saturated carbocycles. The molecule has 1 aliphatic heterocycles. The van der Waals surface area contributed by atoms with Crippen LogP contribution in [-0.2, 0) is 7.05 Å². The van der Waals surface area contributed by atoms with Crippen molar-refractivity contribution in [3.63, 3.8) is 0 Å². The van der Waals surface area contributed by atoms with Crippen LogP contribution in [0.5, 0.6) is 0 Å². The molecule has 0 bridgehead atoms. The number of amides is 1. The van der Waals surface area contributed by atoms with Crippen LogP contribution in [0.25, 0.3) is 0 Å². The SMILES string of the molecule is CC(C)n1ccnc1C(=O)N1CC(C)(C)C1c1nccn1C. The van der Waals surface area contributed by atoms with Crippen LogP contribution in [0, 0.1) is 5.41 Å². The second-order valence-corrected chi connectivity index (χ2v) is 6.97. The third kappa shape index (κ3) is 2.14. The smallest absolute Gasteiger partial charge is 0.290 e. The van der Waals surface area contributed by atoms with Crippen molar-refractivity contribution in [2.24, 2.45) is 12.5 Å². The van der Waals surface area contributed by atoms with Crippen LogP contribution in [0.15, 0.2) is 24.8 Å². The molecular formula is C16H23N5O. The van der Waals surface area contributed by atoms with Gasteiger partial charge in [0, 0.05) is 49.8 Å². The highest BCUT2D eigenvalue weighted by molar-refractivity contribution is 5.92. The number of rotatable bonds is 3. The van der Waals surface area contributed by atoms with Crippen molar-refractivity contribution in [3.8, 4) is 0 Å². The first-order valence-electron chi connectivity index (χ1n) is 7.64. The molecule has 6 nitrogen and oxygen atoms in total. The average Bonchev–Trinajstić information content (AvgIpc) is 3.05. The van der Waals surface area contributed by atoms with E-state index in [0.717, 1.165) is 5.82 Å². The molecule has 2 aromatic rings. The van der Waals surface area contributed by atoms with Crippen molar-refractivity contribution in [1.82, 2.24) is 24.0 Å². The van der Waals surface area contributed by atoms with Gasteiger partial charge in [0.25, 0.3) is 5.91 Å². The number of carbonyl (C=O) groups is 1. The summed E-state index contributed by atoms with van der Waals surface area (Å²) < 4.78 is 3.91. The molecule has 0 N–H and O–H groups in total. The summed E-state index contributed by atoms with van der Waals surface area (Å²) in [6, 6.07) is 0.194. The molecular weight excluding hydrogens is 278 g/mol. The second kappa shape index (κ2) is 4.97. The topological polar surface area (TPSA) is 56.0 Å². The molecule has 0 spiro atoms. The van der Waals surface area contributed by atoms with Crippen molar-refractivity contribution in [2.75, 3.05) is 6.54 Å². The van der Waals surface area contributed by atoms with Gasteiger partial charge in [-0.1, -0.05) is 13.8 Å². The highest BCUT2D eigenvalue weighted by Crippen LogP contribution is 2.48. The van der Waals surface area contributed by atoms with E-state index in [4.69, 9.17) is 0 Å². The quantitative estimate of drug-likeness (QED) is 0.875. The number of carbonyl (C=O) groups excluding carboxylic acids is 1. The van der Waals surface area contributed by atoms with Crippen LogP contribution < -0.4 is 0 Å². The van der Waals surface area contributed by atoms with Crippen molar-refractivity contribution in [3.05, 3.63) is 36.4 Å². The molecule has 1 saturated heterocycles. The minimum absolute atomic E-state index is 0.0164. The predicted molar refractivity (Wildman–Crippen MR) is 83.4 cm³/mol. The molecule has 0 radical (unpaired) electrons. The zero-order valence-electron chi connectivity index (χ0n) is 13.8. The maximum Gasteiger partial charge on any atom is 0.290 e. The van der Waals surface area contributed by atoms with Gasteiger partial charge in [0.05, 0.1) is 6.04 Å². The second-order valence-electron chi connectivity index (χ2n) is 6.97. The van der Waals surface area contributed by atoms with Crippen molar-refractivity contribution < 1.29 is 4.79 Å². The van der Waals surface area contributed by atoms with E-state index in [1.807, 2.05) is 33.5 Å². The fourth-order valence-corrected chi connectivity index (χ4v) is 3.27. The van der Waals surface area contributed by atoms with Gasteiger partial charge >= 0.3 is 0 Å². The minimum Gasteiger partial charge on any atom is -0.336 e. The Bertz CT molecular complexity index is 697. The summed E-state index contributed by atoms with van der Waals surface area (Å²) in [7, 11) is 1.97. The molecule has 1 fully saturated rings. The Morgan fingerprint density at radius 1 is 1.27 bits per heavy atom. The molecule has 1 atom stereocenters. The van der Waals surface area contributed by atoms with E-state index in [2.05, 4.69) is 37.7 Å². The summed E-state index contributed by atoms with van der Waals surface area (Å²) in [6.07, 6.45) is 7.25. The van der Waals surface area contributed by atoms with Gasteiger partial charge in [-0.05, 0) is 13.8 Å². The maximum atomic E-state index is 12.9. The van der Waals surface area contributed by atoms with E-state index < -0.39 is 0 Å². The molecule has 0 aliphatic carbocycles. The van der Waals surface area contributed by atoms with E-state index in [1.165, 1.54) is 0 Å². The van der Waals surface area contributed by atoms with Crippen LogP contribution in [0.4, 0.5) is 0 Å². The molecule has 22 heavy (non-hydrogen) atoms. The maximum absolute atomic E-state index is 12.9. The van der Waals surface area contributed by atoms with Gasteiger partial charge in [-0.3, -0.25) is 4.79 Å². The Labute approximate surface area is 130 Å². The van der Waals surface area contributed by atoms with Gasteiger partial charge in [-0.2, -0.15) is 0 Å². The number of nitrogens with zero attached hydrogens (tertiary/aromatic N) is 5. The first-order valence-corrected chi connectivity index (χ1v) is 7.64. The first kappa shape index (κ1) is 14.8. The van der Waals surface area contributed by atoms with Crippen LogP contribution in [0.1, 0.15) is 56.2 Å². The summed E-state index contributed by atoms with van der Waals surface area (Å²) in [4.78, 5) is 23.5. The van der Waals surface area contributed by atoms with E-state index >= 15 is 0 Å². The number of aryl methyl sites for hydroxylation is 1. The third-order valence-corrected chi connectivity index (χ3v) is 4.41. The summed E-state index contributed by atoms with van der Waals surface area (Å²) in [6.45, 7) is 9.16. The lowest BCUT2D eigenvalue weighted by atomic mass is 9.74. The molecule has 1 amide bonds. The molecule has 6 heteroatoms. The van der Waals surface area contributed by atoms with Gasteiger partial charge in [0.1, 0.15) is 5.82 Å². The third-order valence-electron chi connectivity index (χ3n) is 4.41. The van der Waals surface area contributed by atoms with Gasteiger partial charge in [0.2, 0.25) is 0 Å². The molecule has 118 valence electrons. The normalized spacial score (nSPS) is 20.3.